The van der Waals surface area contributed by atoms with E-state index in [0.29, 0.717) is 0 Å². The minimum atomic E-state index is -4.18. The number of hydrogen-bond donors (Lipinski definition) is 2. The Kier molecular flexibility index (Phi) is 5.69. The van der Waals surface area contributed by atoms with E-state index in [-0.39, 0.29) is 15.1 Å². The van der Waals surface area contributed by atoms with Gasteiger partial charge >= 0.3 is 5.97 Å². The molecule has 0 radical (unpaired) electrons. The van der Waals surface area contributed by atoms with E-state index in [0.717, 1.165) is 0 Å². The molecule has 9 heteroatoms. The summed E-state index contributed by atoms with van der Waals surface area (Å²) in [5.74, 6) is -1.74. The Bertz CT molecular complexity index is 608. The normalized spacial score (nSPS) is 13.5. The van der Waals surface area contributed by atoms with Crippen molar-refractivity contribution in [1.82, 2.24) is 4.72 Å². The molecule has 0 unspecified atom stereocenters. The summed E-state index contributed by atoms with van der Waals surface area (Å²) in [5, 5.41) is 8.85. The van der Waals surface area contributed by atoms with Crippen molar-refractivity contribution in [3.8, 4) is 0 Å². The van der Waals surface area contributed by atoms with Crippen LogP contribution in [0.3, 0.4) is 0 Å². The Hall–Kier alpha value is -0.530. The smallest absolute Gasteiger partial charge is 0.322 e. The molecule has 0 amide bonds. The van der Waals surface area contributed by atoms with Crippen molar-refractivity contribution >= 4 is 50.8 Å². The first-order valence-corrected chi connectivity index (χ1v) is 8.07. The van der Waals surface area contributed by atoms with Crippen LogP contribution in [-0.2, 0) is 14.8 Å². The highest BCUT2D eigenvalue weighted by atomic mass is 35.5. The molecule has 0 fully saturated rings. The monoisotopic (exact) mass is 359 g/mol. The van der Waals surface area contributed by atoms with Gasteiger partial charge in [0.25, 0.3) is 0 Å². The quantitative estimate of drug-likeness (QED) is 0.845. The lowest BCUT2D eigenvalue weighted by Crippen LogP contribution is -2.44. The van der Waals surface area contributed by atoms with Crippen LogP contribution >= 0.6 is 34.8 Å². The van der Waals surface area contributed by atoms with Gasteiger partial charge in [-0.3, -0.25) is 4.79 Å². The highest BCUT2D eigenvalue weighted by Crippen LogP contribution is 2.32. The van der Waals surface area contributed by atoms with Crippen LogP contribution in [0.5, 0.6) is 0 Å². The van der Waals surface area contributed by atoms with E-state index in [1.165, 1.54) is 12.1 Å². The van der Waals surface area contributed by atoms with Gasteiger partial charge in [-0.05, 0) is 18.1 Å². The zero-order valence-corrected chi connectivity index (χ0v) is 13.6. The van der Waals surface area contributed by atoms with Crippen LogP contribution in [-0.4, -0.2) is 25.5 Å². The molecular formula is C11H12Cl3NO4S. The van der Waals surface area contributed by atoms with Crippen molar-refractivity contribution in [2.24, 2.45) is 5.92 Å². The summed E-state index contributed by atoms with van der Waals surface area (Å²) in [6, 6.07) is 1.14. The Morgan fingerprint density at radius 3 is 2.00 bits per heavy atom. The predicted octanol–water partition coefficient (Wildman–Crippen LogP) is 3.03. The Morgan fingerprint density at radius 1 is 1.20 bits per heavy atom. The molecule has 2 N–H and O–H groups in total. The molecule has 1 aromatic carbocycles. The summed E-state index contributed by atoms with van der Waals surface area (Å²) in [6.45, 7) is 3.15. The van der Waals surface area contributed by atoms with Gasteiger partial charge < -0.3 is 5.11 Å². The summed E-state index contributed by atoms with van der Waals surface area (Å²) >= 11 is 17.4. The number of nitrogens with one attached hydrogen (secondary N) is 1. The van der Waals surface area contributed by atoms with Gasteiger partial charge in [0.2, 0.25) is 10.0 Å². The lowest BCUT2D eigenvalue weighted by molar-refractivity contribution is -0.140. The third kappa shape index (κ3) is 3.99. The fourth-order valence-corrected chi connectivity index (χ4v) is 4.37. The molecule has 0 bridgehead atoms. The zero-order chi connectivity index (χ0) is 15.7. The minimum Gasteiger partial charge on any atom is -0.480 e. The van der Waals surface area contributed by atoms with Crippen LogP contribution in [0.1, 0.15) is 13.8 Å². The number of halogens is 3. The third-order valence-electron chi connectivity index (χ3n) is 2.45. The maximum atomic E-state index is 12.2. The Morgan fingerprint density at radius 2 is 1.65 bits per heavy atom. The summed E-state index contributed by atoms with van der Waals surface area (Å²) in [5.41, 5.74) is 0. The number of hydrogen-bond acceptors (Lipinski definition) is 3. The number of rotatable bonds is 5. The maximum absolute atomic E-state index is 12.2. The highest BCUT2D eigenvalue weighted by molar-refractivity contribution is 7.89. The SMILES string of the molecule is CC(C)[C@@H](NS(=O)(=O)c1c(Cl)cc(Cl)cc1Cl)C(=O)O. The van der Waals surface area contributed by atoms with Gasteiger partial charge in [-0.25, -0.2) is 8.42 Å². The van der Waals surface area contributed by atoms with E-state index < -0.39 is 32.8 Å². The van der Waals surface area contributed by atoms with Gasteiger partial charge in [0.1, 0.15) is 10.9 Å². The fourth-order valence-electron chi connectivity index (χ4n) is 1.48. The van der Waals surface area contributed by atoms with Crippen LogP contribution in [0.4, 0.5) is 0 Å². The van der Waals surface area contributed by atoms with Gasteiger partial charge in [0.05, 0.1) is 10.0 Å². The van der Waals surface area contributed by atoms with Crippen LogP contribution in [0, 0.1) is 5.92 Å². The summed E-state index contributed by atoms with van der Waals surface area (Å²) < 4.78 is 26.5. The van der Waals surface area contributed by atoms with E-state index in [2.05, 4.69) is 4.72 Å². The lowest BCUT2D eigenvalue weighted by Gasteiger charge is -2.19. The molecule has 0 saturated heterocycles. The van der Waals surface area contributed by atoms with E-state index in [9.17, 15) is 13.2 Å². The number of sulfonamides is 1. The van der Waals surface area contributed by atoms with Crippen molar-refractivity contribution in [3.63, 3.8) is 0 Å². The average molecular weight is 361 g/mol. The number of carboxylic acids is 1. The topological polar surface area (TPSA) is 83.5 Å². The van der Waals surface area contributed by atoms with Gasteiger partial charge in [0.15, 0.2) is 0 Å². The molecule has 0 spiro atoms. The minimum absolute atomic E-state index is 0.178. The molecule has 0 aliphatic rings. The van der Waals surface area contributed by atoms with Gasteiger partial charge in [-0.1, -0.05) is 48.7 Å². The van der Waals surface area contributed by atoms with Crippen LogP contribution < -0.4 is 4.72 Å². The molecule has 0 aliphatic carbocycles. The lowest BCUT2D eigenvalue weighted by atomic mass is 10.1. The van der Waals surface area contributed by atoms with Crippen LogP contribution in [0.25, 0.3) is 0 Å². The van der Waals surface area contributed by atoms with Crippen molar-refractivity contribution in [3.05, 3.63) is 27.2 Å². The van der Waals surface area contributed by atoms with E-state index in [1.54, 1.807) is 13.8 Å². The highest BCUT2D eigenvalue weighted by Gasteiger charge is 2.30. The number of carboxylic acid groups (broad SMARTS) is 1. The molecular weight excluding hydrogens is 349 g/mol. The van der Waals surface area contributed by atoms with Gasteiger partial charge in [0, 0.05) is 5.02 Å². The van der Waals surface area contributed by atoms with E-state index >= 15 is 0 Å². The van der Waals surface area contributed by atoms with Crippen molar-refractivity contribution in [2.45, 2.75) is 24.8 Å². The first kappa shape index (κ1) is 17.5. The zero-order valence-electron chi connectivity index (χ0n) is 10.5. The molecule has 0 heterocycles. The van der Waals surface area contributed by atoms with Crippen molar-refractivity contribution in [2.75, 3.05) is 0 Å². The van der Waals surface area contributed by atoms with E-state index in [4.69, 9.17) is 39.9 Å². The maximum Gasteiger partial charge on any atom is 0.322 e. The molecule has 5 nitrogen and oxygen atoms in total. The molecule has 0 saturated carbocycles. The first-order chi connectivity index (χ1) is 9.06. The molecule has 0 aromatic heterocycles. The van der Waals surface area contributed by atoms with Crippen LogP contribution in [0.2, 0.25) is 15.1 Å². The number of aliphatic carboxylic acids is 1. The second-order valence-corrected chi connectivity index (χ2v) is 7.28. The summed E-state index contributed by atoms with van der Waals surface area (Å²) in [4.78, 5) is 10.7. The molecule has 1 rings (SSSR count). The summed E-state index contributed by atoms with van der Waals surface area (Å²) in [6.07, 6.45) is 0. The number of benzene rings is 1. The second kappa shape index (κ2) is 6.49. The molecule has 20 heavy (non-hydrogen) atoms. The van der Waals surface area contributed by atoms with Crippen molar-refractivity contribution < 1.29 is 18.3 Å². The van der Waals surface area contributed by atoms with E-state index in [1.807, 2.05) is 0 Å². The van der Waals surface area contributed by atoms with Gasteiger partial charge in [-0.2, -0.15) is 4.72 Å². The number of carbonyl (C=O) groups is 1. The molecule has 112 valence electrons. The first-order valence-electron chi connectivity index (χ1n) is 5.46. The average Bonchev–Trinajstić information content (AvgIpc) is 2.23. The second-order valence-electron chi connectivity index (χ2n) is 4.38. The largest absolute Gasteiger partial charge is 0.480 e. The standard InChI is InChI=1S/C11H12Cl3NO4S/c1-5(2)9(11(16)17)15-20(18,19)10-7(13)3-6(12)4-8(10)14/h3-5,9,15H,1-2H3,(H,16,17)/t9-/m1/s1. The fraction of sp³-hybridized carbons (Fsp3) is 0.364. The Labute approximate surface area is 131 Å². The van der Waals surface area contributed by atoms with Crippen molar-refractivity contribution in [1.29, 1.82) is 0 Å². The summed E-state index contributed by atoms with van der Waals surface area (Å²) in [7, 11) is -4.18. The Balaban J connectivity index is 3.28. The third-order valence-corrected chi connectivity index (χ3v) is 5.03. The predicted molar refractivity (Wildman–Crippen MR) is 78.1 cm³/mol. The molecule has 1 aromatic rings. The van der Waals surface area contributed by atoms with Crippen LogP contribution in [0.15, 0.2) is 17.0 Å². The molecule has 0 aliphatic heterocycles. The van der Waals surface area contributed by atoms with Gasteiger partial charge in [-0.15, -0.1) is 0 Å². The molecule has 1 atom stereocenters.